The van der Waals surface area contributed by atoms with Crippen LogP contribution < -0.4 is 5.32 Å². The van der Waals surface area contributed by atoms with Crippen LogP contribution in [0.1, 0.15) is 31.7 Å². The maximum atomic E-state index is 11.9. The number of hydrogen-bond acceptors (Lipinski definition) is 3. The van der Waals surface area contributed by atoms with Gasteiger partial charge in [-0.2, -0.15) is 0 Å². The second-order valence-corrected chi connectivity index (χ2v) is 4.58. The van der Waals surface area contributed by atoms with Crippen LogP contribution in [-0.2, 0) is 16.0 Å². The third-order valence-corrected chi connectivity index (χ3v) is 3.18. The molecule has 0 radical (unpaired) electrons. The molecule has 1 aliphatic heterocycles. The molecule has 1 heterocycles. The lowest BCUT2D eigenvalue weighted by atomic mass is 10.1. The molecule has 4 nitrogen and oxygen atoms in total. The summed E-state index contributed by atoms with van der Waals surface area (Å²) in [6, 6.07) is 5.00. The standard InChI is InChI=1S/C14H19NO3/c1-2-10-8-11(16)5-6-13(10)15-14(17)9-12-4-3-7-18-12/h5-6,8,12,16H,2-4,7,9H2,1H3,(H,15,17). The third-order valence-electron chi connectivity index (χ3n) is 3.18. The average Bonchev–Trinajstić information content (AvgIpc) is 2.84. The van der Waals surface area contributed by atoms with Crippen LogP contribution >= 0.6 is 0 Å². The van der Waals surface area contributed by atoms with Crippen molar-refractivity contribution in [2.45, 2.75) is 38.7 Å². The molecule has 0 spiro atoms. The molecule has 1 fully saturated rings. The van der Waals surface area contributed by atoms with Gasteiger partial charge in [0.2, 0.25) is 5.91 Å². The highest BCUT2D eigenvalue weighted by Gasteiger charge is 2.19. The Balaban J connectivity index is 1.97. The van der Waals surface area contributed by atoms with Crippen LogP contribution in [0, 0.1) is 0 Å². The SMILES string of the molecule is CCc1cc(O)ccc1NC(=O)CC1CCCO1. The second kappa shape index (κ2) is 5.87. The summed E-state index contributed by atoms with van der Waals surface area (Å²) in [5.41, 5.74) is 1.72. The highest BCUT2D eigenvalue weighted by molar-refractivity contribution is 5.91. The van der Waals surface area contributed by atoms with Crippen LogP contribution in [0.5, 0.6) is 5.75 Å². The first-order chi connectivity index (χ1) is 8.69. The first kappa shape index (κ1) is 12.9. The lowest BCUT2D eigenvalue weighted by molar-refractivity contribution is -0.118. The predicted octanol–water partition coefficient (Wildman–Crippen LogP) is 2.46. The van der Waals surface area contributed by atoms with E-state index in [0.29, 0.717) is 6.42 Å². The molecule has 98 valence electrons. The Kier molecular flexibility index (Phi) is 4.20. The Morgan fingerprint density at radius 3 is 3.06 bits per heavy atom. The number of phenols is 1. The predicted molar refractivity (Wildman–Crippen MR) is 69.7 cm³/mol. The Labute approximate surface area is 107 Å². The van der Waals surface area contributed by atoms with Crippen molar-refractivity contribution in [2.75, 3.05) is 11.9 Å². The number of amides is 1. The van der Waals surface area contributed by atoms with Crippen molar-refractivity contribution in [2.24, 2.45) is 0 Å². The summed E-state index contributed by atoms with van der Waals surface area (Å²) < 4.78 is 5.44. The minimum Gasteiger partial charge on any atom is -0.508 e. The number of benzene rings is 1. The van der Waals surface area contributed by atoms with Gasteiger partial charge in [-0.1, -0.05) is 6.92 Å². The molecule has 1 unspecified atom stereocenters. The molecule has 4 heteroatoms. The summed E-state index contributed by atoms with van der Waals surface area (Å²) in [6.07, 6.45) is 3.24. The fraction of sp³-hybridized carbons (Fsp3) is 0.500. The van der Waals surface area contributed by atoms with Gasteiger partial charge in [0.15, 0.2) is 0 Å². The van der Waals surface area contributed by atoms with Gasteiger partial charge in [-0.05, 0) is 43.0 Å². The number of anilines is 1. The van der Waals surface area contributed by atoms with Gasteiger partial charge in [0.25, 0.3) is 0 Å². The summed E-state index contributed by atoms with van der Waals surface area (Å²) in [4.78, 5) is 11.9. The van der Waals surface area contributed by atoms with Crippen molar-refractivity contribution in [3.05, 3.63) is 23.8 Å². The molecule has 1 aromatic rings. The summed E-state index contributed by atoms with van der Waals surface area (Å²) in [5, 5.41) is 12.3. The van der Waals surface area contributed by atoms with Crippen molar-refractivity contribution in [1.82, 2.24) is 0 Å². The lowest BCUT2D eigenvalue weighted by Crippen LogP contribution is -2.19. The van der Waals surface area contributed by atoms with E-state index in [1.165, 1.54) is 0 Å². The minimum absolute atomic E-state index is 0.0257. The number of hydrogen-bond donors (Lipinski definition) is 2. The van der Waals surface area contributed by atoms with E-state index in [1.54, 1.807) is 18.2 Å². The van der Waals surface area contributed by atoms with Gasteiger partial charge in [-0.3, -0.25) is 4.79 Å². The smallest absolute Gasteiger partial charge is 0.226 e. The van der Waals surface area contributed by atoms with Gasteiger partial charge in [0.1, 0.15) is 5.75 Å². The fourth-order valence-electron chi connectivity index (χ4n) is 2.21. The zero-order chi connectivity index (χ0) is 13.0. The average molecular weight is 249 g/mol. The molecule has 0 aromatic heterocycles. The van der Waals surface area contributed by atoms with E-state index >= 15 is 0 Å². The van der Waals surface area contributed by atoms with Crippen LogP contribution in [0.25, 0.3) is 0 Å². The first-order valence-corrected chi connectivity index (χ1v) is 6.42. The van der Waals surface area contributed by atoms with Crippen LogP contribution in [-0.4, -0.2) is 23.7 Å². The van der Waals surface area contributed by atoms with E-state index in [2.05, 4.69) is 5.32 Å². The number of carbonyl (C=O) groups excluding carboxylic acids is 1. The second-order valence-electron chi connectivity index (χ2n) is 4.58. The molecule has 1 amide bonds. The van der Waals surface area contributed by atoms with E-state index in [-0.39, 0.29) is 17.8 Å². The summed E-state index contributed by atoms with van der Waals surface area (Å²) >= 11 is 0. The molecule has 18 heavy (non-hydrogen) atoms. The molecule has 1 atom stereocenters. The van der Waals surface area contributed by atoms with Gasteiger partial charge < -0.3 is 15.2 Å². The zero-order valence-electron chi connectivity index (χ0n) is 10.6. The number of rotatable bonds is 4. The van der Waals surface area contributed by atoms with Gasteiger partial charge in [0.05, 0.1) is 12.5 Å². The van der Waals surface area contributed by atoms with Gasteiger partial charge in [-0.15, -0.1) is 0 Å². The van der Waals surface area contributed by atoms with E-state index in [0.717, 1.165) is 37.1 Å². The van der Waals surface area contributed by atoms with Crippen molar-refractivity contribution >= 4 is 11.6 Å². The molecule has 2 N–H and O–H groups in total. The molecule has 1 aliphatic rings. The van der Waals surface area contributed by atoms with Crippen LogP contribution in [0.3, 0.4) is 0 Å². The molecular weight excluding hydrogens is 230 g/mol. The third kappa shape index (κ3) is 3.23. The molecule has 1 aromatic carbocycles. The largest absolute Gasteiger partial charge is 0.508 e. The summed E-state index contributed by atoms with van der Waals surface area (Å²) in [7, 11) is 0. The summed E-state index contributed by atoms with van der Waals surface area (Å²) in [5.74, 6) is 0.200. The van der Waals surface area contributed by atoms with E-state index < -0.39 is 0 Å². The monoisotopic (exact) mass is 249 g/mol. The number of nitrogens with one attached hydrogen (secondary N) is 1. The molecule has 0 saturated carbocycles. The maximum Gasteiger partial charge on any atom is 0.226 e. The maximum absolute atomic E-state index is 11.9. The Hall–Kier alpha value is -1.55. The number of ether oxygens (including phenoxy) is 1. The topological polar surface area (TPSA) is 58.6 Å². The fourth-order valence-corrected chi connectivity index (χ4v) is 2.21. The van der Waals surface area contributed by atoms with Crippen molar-refractivity contribution < 1.29 is 14.6 Å². The highest BCUT2D eigenvalue weighted by Crippen LogP contribution is 2.23. The minimum atomic E-state index is -0.0257. The van der Waals surface area contributed by atoms with Gasteiger partial charge in [-0.25, -0.2) is 0 Å². The molecule has 0 aliphatic carbocycles. The number of carbonyl (C=O) groups is 1. The van der Waals surface area contributed by atoms with Crippen molar-refractivity contribution in [1.29, 1.82) is 0 Å². The quantitative estimate of drug-likeness (QED) is 0.806. The normalized spacial score (nSPS) is 18.8. The van der Waals surface area contributed by atoms with E-state index in [9.17, 15) is 9.90 Å². The first-order valence-electron chi connectivity index (χ1n) is 6.42. The zero-order valence-corrected chi connectivity index (χ0v) is 10.6. The molecule has 2 rings (SSSR count). The number of aryl methyl sites for hydroxylation is 1. The summed E-state index contributed by atoms with van der Waals surface area (Å²) in [6.45, 7) is 2.75. The number of aromatic hydroxyl groups is 1. The Morgan fingerprint density at radius 1 is 1.56 bits per heavy atom. The molecular formula is C14H19NO3. The van der Waals surface area contributed by atoms with Gasteiger partial charge >= 0.3 is 0 Å². The number of phenolic OH excluding ortho intramolecular Hbond substituents is 1. The van der Waals surface area contributed by atoms with Crippen molar-refractivity contribution in [3.8, 4) is 5.75 Å². The van der Waals surface area contributed by atoms with E-state index in [1.807, 2.05) is 6.92 Å². The van der Waals surface area contributed by atoms with Crippen LogP contribution in [0.15, 0.2) is 18.2 Å². The highest BCUT2D eigenvalue weighted by atomic mass is 16.5. The lowest BCUT2D eigenvalue weighted by Gasteiger charge is -2.12. The Morgan fingerprint density at radius 2 is 2.39 bits per heavy atom. The van der Waals surface area contributed by atoms with Crippen LogP contribution in [0.2, 0.25) is 0 Å². The molecule has 0 bridgehead atoms. The van der Waals surface area contributed by atoms with Crippen LogP contribution in [0.4, 0.5) is 5.69 Å². The van der Waals surface area contributed by atoms with Crippen molar-refractivity contribution in [3.63, 3.8) is 0 Å². The Bertz CT molecular complexity index is 425. The van der Waals surface area contributed by atoms with E-state index in [4.69, 9.17) is 4.74 Å². The molecule has 1 saturated heterocycles. The van der Waals surface area contributed by atoms with Gasteiger partial charge in [0, 0.05) is 12.3 Å².